The predicted octanol–water partition coefficient (Wildman–Crippen LogP) is 4.02. The standard InChI is InChI=1S/C16H15N3OS/c1-10-3-8-14(17)13(9-10)16-18-15(19-20-16)11-4-6-12(21-2)7-5-11/h3-9H,17H2,1-2H3. The van der Waals surface area contributed by atoms with Gasteiger partial charge in [0.15, 0.2) is 0 Å². The molecule has 3 rings (SSSR count). The zero-order valence-corrected chi connectivity index (χ0v) is 12.6. The van der Waals surface area contributed by atoms with E-state index in [1.54, 1.807) is 11.8 Å². The SMILES string of the molecule is CSc1ccc(-c2noc(-c3cc(C)ccc3N)n2)cc1. The van der Waals surface area contributed by atoms with Crippen molar-refractivity contribution in [2.24, 2.45) is 0 Å². The highest BCUT2D eigenvalue weighted by atomic mass is 32.2. The van der Waals surface area contributed by atoms with Gasteiger partial charge in [-0.1, -0.05) is 16.8 Å². The number of hydrogen-bond acceptors (Lipinski definition) is 5. The lowest BCUT2D eigenvalue weighted by Crippen LogP contribution is -1.91. The molecule has 0 bridgehead atoms. The zero-order chi connectivity index (χ0) is 14.8. The van der Waals surface area contributed by atoms with Crippen molar-refractivity contribution in [3.8, 4) is 22.8 Å². The molecule has 3 aromatic rings. The molecule has 106 valence electrons. The van der Waals surface area contributed by atoms with Gasteiger partial charge in [0.25, 0.3) is 5.89 Å². The Balaban J connectivity index is 1.97. The van der Waals surface area contributed by atoms with E-state index in [0.717, 1.165) is 16.7 Å². The van der Waals surface area contributed by atoms with Crippen LogP contribution >= 0.6 is 11.8 Å². The first kappa shape index (κ1) is 13.7. The summed E-state index contributed by atoms with van der Waals surface area (Å²) in [5, 5.41) is 4.04. The fourth-order valence-electron chi connectivity index (χ4n) is 2.05. The maximum atomic E-state index is 5.98. The molecule has 0 saturated carbocycles. The van der Waals surface area contributed by atoms with E-state index in [1.807, 2.05) is 55.6 Å². The minimum absolute atomic E-state index is 0.445. The third-order valence-electron chi connectivity index (χ3n) is 3.21. The van der Waals surface area contributed by atoms with E-state index in [0.29, 0.717) is 17.4 Å². The lowest BCUT2D eigenvalue weighted by molar-refractivity contribution is 0.432. The third-order valence-corrected chi connectivity index (χ3v) is 3.96. The van der Waals surface area contributed by atoms with Crippen LogP contribution in [0, 0.1) is 6.92 Å². The molecule has 1 heterocycles. The Morgan fingerprint density at radius 1 is 1.10 bits per heavy atom. The maximum absolute atomic E-state index is 5.98. The minimum atomic E-state index is 0.445. The number of hydrogen-bond donors (Lipinski definition) is 1. The molecule has 21 heavy (non-hydrogen) atoms. The number of anilines is 1. The van der Waals surface area contributed by atoms with Crippen molar-refractivity contribution in [3.05, 3.63) is 48.0 Å². The summed E-state index contributed by atoms with van der Waals surface area (Å²) in [5.74, 6) is 1.01. The predicted molar refractivity (Wildman–Crippen MR) is 86.1 cm³/mol. The second-order valence-electron chi connectivity index (χ2n) is 4.74. The fourth-order valence-corrected chi connectivity index (χ4v) is 2.45. The third kappa shape index (κ3) is 2.78. The van der Waals surface area contributed by atoms with Gasteiger partial charge in [0.2, 0.25) is 5.82 Å². The van der Waals surface area contributed by atoms with Crippen molar-refractivity contribution in [1.29, 1.82) is 0 Å². The summed E-state index contributed by atoms with van der Waals surface area (Å²) >= 11 is 1.70. The molecule has 0 aliphatic heterocycles. The molecule has 5 heteroatoms. The molecule has 0 aliphatic rings. The first-order valence-electron chi connectivity index (χ1n) is 6.52. The van der Waals surface area contributed by atoms with Gasteiger partial charge in [-0.15, -0.1) is 11.8 Å². The van der Waals surface area contributed by atoms with Crippen molar-refractivity contribution < 1.29 is 4.52 Å². The molecule has 0 atom stereocenters. The van der Waals surface area contributed by atoms with Gasteiger partial charge in [0.1, 0.15) is 0 Å². The molecular formula is C16H15N3OS. The first-order valence-corrected chi connectivity index (χ1v) is 7.74. The van der Waals surface area contributed by atoms with E-state index >= 15 is 0 Å². The van der Waals surface area contributed by atoms with E-state index in [-0.39, 0.29) is 0 Å². The summed E-state index contributed by atoms with van der Waals surface area (Å²) in [6, 6.07) is 13.8. The molecule has 0 aliphatic carbocycles. The van der Waals surface area contributed by atoms with Crippen molar-refractivity contribution in [2.45, 2.75) is 11.8 Å². The van der Waals surface area contributed by atoms with Crippen LogP contribution in [0.3, 0.4) is 0 Å². The summed E-state index contributed by atoms with van der Waals surface area (Å²) in [4.78, 5) is 5.64. The van der Waals surface area contributed by atoms with Crippen LogP contribution in [0.25, 0.3) is 22.8 Å². The number of aryl methyl sites for hydroxylation is 1. The Bertz CT molecular complexity index is 765. The smallest absolute Gasteiger partial charge is 0.260 e. The van der Waals surface area contributed by atoms with Crippen molar-refractivity contribution in [3.63, 3.8) is 0 Å². The van der Waals surface area contributed by atoms with E-state index < -0.39 is 0 Å². The summed E-state index contributed by atoms with van der Waals surface area (Å²) in [7, 11) is 0. The number of aromatic nitrogens is 2. The minimum Gasteiger partial charge on any atom is -0.398 e. The molecule has 4 nitrogen and oxygen atoms in total. The molecule has 0 spiro atoms. The topological polar surface area (TPSA) is 64.9 Å². The molecule has 0 fully saturated rings. The number of nitrogens with zero attached hydrogens (tertiary/aromatic N) is 2. The van der Waals surface area contributed by atoms with Gasteiger partial charge in [0.05, 0.1) is 5.56 Å². The first-order chi connectivity index (χ1) is 10.2. The van der Waals surface area contributed by atoms with Crippen LogP contribution in [-0.2, 0) is 0 Å². The van der Waals surface area contributed by atoms with Gasteiger partial charge in [-0.05, 0) is 49.6 Å². The van der Waals surface area contributed by atoms with Crippen molar-refractivity contribution in [1.82, 2.24) is 10.1 Å². The largest absolute Gasteiger partial charge is 0.398 e. The molecule has 2 N–H and O–H groups in total. The highest BCUT2D eigenvalue weighted by Gasteiger charge is 2.13. The van der Waals surface area contributed by atoms with Gasteiger partial charge >= 0.3 is 0 Å². The Morgan fingerprint density at radius 2 is 1.86 bits per heavy atom. The molecule has 1 aromatic heterocycles. The molecule has 2 aromatic carbocycles. The maximum Gasteiger partial charge on any atom is 0.260 e. The van der Waals surface area contributed by atoms with Gasteiger partial charge < -0.3 is 10.3 Å². The van der Waals surface area contributed by atoms with E-state index in [2.05, 4.69) is 10.1 Å². The Kier molecular flexibility index (Phi) is 3.66. The van der Waals surface area contributed by atoms with Crippen LogP contribution in [0.15, 0.2) is 51.9 Å². The van der Waals surface area contributed by atoms with E-state index in [4.69, 9.17) is 10.3 Å². The fraction of sp³-hybridized carbons (Fsp3) is 0.125. The average molecular weight is 297 g/mol. The van der Waals surface area contributed by atoms with Gasteiger partial charge in [0, 0.05) is 16.1 Å². The number of rotatable bonds is 3. The van der Waals surface area contributed by atoms with Crippen LogP contribution in [0.5, 0.6) is 0 Å². The van der Waals surface area contributed by atoms with Crippen molar-refractivity contribution >= 4 is 17.4 Å². The highest BCUT2D eigenvalue weighted by molar-refractivity contribution is 7.98. The molecule has 0 radical (unpaired) electrons. The summed E-state index contributed by atoms with van der Waals surface area (Å²) < 4.78 is 5.35. The van der Waals surface area contributed by atoms with Gasteiger partial charge in [-0.25, -0.2) is 0 Å². The Morgan fingerprint density at radius 3 is 2.57 bits per heavy atom. The number of nitrogens with two attached hydrogens (primary N) is 1. The molecular weight excluding hydrogens is 282 g/mol. The Labute approximate surface area is 127 Å². The number of benzene rings is 2. The average Bonchev–Trinajstić information content (AvgIpc) is 2.99. The van der Waals surface area contributed by atoms with Gasteiger partial charge in [-0.2, -0.15) is 4.98 Å². The second-order valence-corrected chi connectivity index (χ2v) is 5.62. The summed E-state index contributed by atoms with van der Waals surface area (Å²) in [6.07, 6.45) is 2.04. The van der Waals surface area contributed by atoms with Crippen LogP contribution < -0.4 is 5.73 Å². The summed E-state index contributed by atoms with van der Waals surface area (Å²) in [6.45, 7) is 2.00. The number of nitrogen functional groups attached to an aromatic ring is 1. The van der Waals surface area contributed by atoms with E-state index in [1.165, 1.54) is 4.90 Å². The zero-order valence-electron chi connectivity index (χ0n) is 11.8. The van der Waals surface area contributed by atoms with Crippen LogP contribution in [0.1, 0.15) is 5.56 Å². The quantitative estimate of drug-likeness (QED) is 0.584. The molecule has 0 amide bonds. The van der Waals surface area contributed by atoms with Crippen LogP contribution in [0.2, 0.25) is 0 Å². The van der Waals surface area contributed by atoms with Crippen LogP contribution in [-0.4, -0.2) is 16.4 Å². The monoisotopic (exact) mass is 297 g/mol. The second kappa shape index (κ2) is 5.61. The molecule has 0 unspecified atom stereocenters. The van der Waals surface area contributed by atoms with Crippen LogP contribution in [0.4, 0.5) is 5.69 Å². The normalized spacial score (nSPS) is 10.8. The summed E-state index contributed by atoms with van der Waals surface area (Å²) in [5.41, 5.74) is 9.41. The number of thioether (sulfide) groups is 1. The lowest BCUT2D eigenvalue weighted by atomic mass is 10.1. The molecule has 0 saturated heterocycles. The van der Waals surface area contributed by atoms with E-state index in [9.17, 15) is 0 Å². The Hall–Kier alpha value is -2.27. The highest BCUT2D eigenvalue weighted by Crippen LogP contribution is 2.28. The lowest BCUT2D eigenvalue weighted by Gasteiger charge is -2.01. The van der Waals surface area contributed by atoms with Crippen molar-refractivity contribution in [2.75, 3.05) is 12.0 Å². The van der Waals surface area contributed by atoms with Gasteiger partial charge in [-0.3, -0.25) is 0 Å².